The van der Waals surface area contributed by atoms with Gasteiger partial charge in [0.1, 0.15) is 10.7 Å². The third-order valence-electron chi connectivity index (χ3n) is 3.95. The van der Waals surface area contributed by atoms with Crippen LogP contribution in [0.15, 0.2) is 63.8 Å². The summed E-state index contributed by atoms with van der Waals surface area (Å²) < 4.78 is 26.3. The Morgan fingerprint density at radius 1 is 1.07 bits per heavy atom. The fraction of sp³-hybridized carbons (Fsp3) is 0.158. The number of hydrogen-bond acceptors (Lipinski definition) is 6. The first-order valence-electron chi connectivity index (χ1n) is 8.27. The number of thioether (sulfide) groups is 1. The van der Waals surface area contributed by atoms with E-state index in [0.717, 1.165) is 19.9 Å². The van der Waals surface area contributed by atoms with Crippen molar-refractivity contribution in [2.45, 2.75) is 9.24 Å². The van der Waals surface area contributed by atoms with E-state index in [1.807, 2.05) is 36.6 Å². The van der Waals surface area contributed by atoms with Gasteiger partial charge in [-0.25, -0.2) is 17.7 Å². The topological polar surface area (TPSA) is 79.4 Å². The Hall–Kier alpha value is -2.20. The molecule has 2 aromatic carbocycles. The summed E-state index contributed by atoms with van der Waals surface area (Å²) in [6.45, 7) is 0. The number of sulfonamides is 1. The molecule has 0 fully saturated rings. The Balaban J connectivity index is 1.87. The molecule has 0 aliphatic rings. The van der Waals surface area contributed by atoms with E-state index in [0.29, 0.717) is 10.6 Å². The number of aromatic nitrogens is 1. The van der Waals surface area contributed by atoms with Crippen LogP contribution in [0.25, 0.3) is 11.3 Å². The van der Waals surface area contributed by atoms with Crippen molar-refractivity contribution < 1.29 is 13.2 Å². The number of nitrogens with zero attached hydrogens (tertiary/aromatic N) is 2. The zero-order chi connectivity index (χ0) is 20.3. The summed E-state index contributed by atoms with van der Waals surface area (Å²) in [7, 11) is -0.597. The number of amides is 1. The predicted octanol–water partition coefficient (Wildman–Crippen LogP) is 4.03. The highest BCUT2D eigenvalue weighted by Gasteiger charge is 2.19. The molecule has 1 N–H and O–H groups in total. The van der Waals surface area contributed by atoms with Crippen molar-refractivity contribution >= 4 is 44.0 Å². The summed E-state index contributed by atoms with van der Waals surface area (Å²) in [5.41, 5.74) is 2.01. The molecule has 1 heterocycles. The van der Waals surface area contributed by atoms with E-state index in [2.05, 4.69) is 10.3 Å². The van der Waals surface area contributed by atoms with Crippen molar-refractivity contribution in [2.24, 2.45) is 0 Å². The summed E-state index contributed by atoms with van der Waals surface area (Å²) in [6, 6.07) is 15.5. The van der Waals surface area contributed by atoms with Gasteiger partial charge in [-0.15, -0.1) is 0 Å². The van der Waals surface area contributed by atoms with E-state index < -0.39 is 10.0 Å². The van der Waals surface area contributed by atoms with E-state index in [9.17, 15) is 13.2 Å². The van der Waals surface area contributed by atoms with Crippen LogP contribution in [-0.2, 0) is 10.0 Å². The molecule has 146 valence electrons. The Labute approximate surface area is 172 Å². The molecule has 0 aliphatic carbocycles. The van der Waals surface area contributed by atoms with Crippen LogP contribution in [0.3, 0.4) is 0 Å². The lowest BCUT2D eigenvalue weighted by molar-refractivity contribution is 0.102. The maximum absolute atomic E-state index is 12.7. The Morgan fingerprint density at radius 2 is 1.71 bits per heavy atom. The Kier molecular flexibility index (Phi) is 6.19. The number of rotatable bonds is 6. The van der Waals surface area contributed by atoms with Crippen molar-refractivity contribution in [3.05, 3.63) is 60.2 Å². The molecule has 3 rings (SSSR count). The average Bonchev–Trinajstić information content (AvgIpc) is 3.11. The first-order valence-corrected chi connectivity index (χ1v) is 11.7. The van der Waals surface area contributed by atoms with Gasteiger partial charge in [-0.05, 0) is 30.5 Å². The maximum Gasteiger partial charge on any atom is 0.256 e. The predicted molar refractivity (Wildman–Crippen MR) is 115 cm³/mol. The SMILES string of the molecule is CSc1nc(-c2ccccc2)c(NC(=O)c2ccc(S(=O)(=O)N(C)C)cc2)s1. The van der Waals surface area contributed by atoms with Crippen LogP contribution >= 0.6 is 23.1 Å². The van der Waals surface area contributed by atoms with Gasteiger partial charge in [-0.3, -0.25) is 4.79 Å². The molecule has 1 aromatic heterocycles. The number of nitrogens with one attached hydrogen (secondary N) is 1. The van der Waals surface area contributed by atoms with Crippen LogP contribution in [0.2, 0.25) is 0 Å². The van der Waals surface area contributed by atoms with E-state index in [1.165, 1.54) is 61.5 Å². The van der Waals surface area contributed by atoms with Crippen LogP contribution < -0.4 is 5.32 Å². The molecular weight excluding hydrogens is 414 g/mol. The largest absolute Gasteiger partial charge is 0.312 e. The van der Waals surface area contributed by atoms with E-state index in [-0.39, 0.29) is 10.8 Å². The van der Waals surface area contributed by atoms with Gasteiger partial charge >= 0.3 is 0 Å². The average molecular weight is 434 g/mol. The van der Waals surface area contributed by atoms with Crippen molar-refractivity contribution in [2.75, 3.05) is 25.7 Å². The first-order chi connectivity index (χ1) is 13.3. The second-order valence-electron chi connectivity index (χ2n) is 5.99. The van der Waals surface area contributed by atoms with Crippen molar-refractivity contribution in [3.8, 4) is 11.3 Å². The highest BCUT2D eigenvalue weighted by Crippen LogP contribution is 2.37. The smallest absolute Gasteiger partial charge is 0.256 e. The van der Waals surface area contributed by atoms with Crippen molar-refractivity contribution in [1.82, 2.24) is 9.29 Å². The lowest BCUT2D eigenvalue weighted by atomic mass is 10.1. The minimum Gasteiger partial charge on any atom is -0.312 e. The van der Waals surface area contributed by atoms with Crippen LogP contribution in [0.5, 0.6) is 0 Å². The van der Waals surface area contributed by atoms with E-state index >= 15 is 0 Å². The number of carbonyl (C=O) groups is 1. The number of carbonyl (C=O) groups excluding carboxylic acids is 1. The van der Waals surface area contributed by atoms with Crippen LogP contribution in [0.1, 0.15) is 10.4 Å². The maximum atomic E-state index is 12.7. The molecule has 0 bridgehead atoms. The molecule has 0 radical (unpaired) electrons. The lowest BCUT2D eigenvalue weighted by Crippen LogP contribution is -2.22. The zero-order valence-corrected chi connectivity index (χ0v) is 18.0. The van der Waals surface area contributed by atoms with Gasteiger partial charge < -0.3 is 5.32 Å². The van der Waals surface area contributed by atoms with Crippen LogP contribution in [0.4, 0.5) is 5.00 Å². The van der Waals surface area contributed by atoms with Crippen molar-refractivity contribution in [1.29, 1.82) is 0 Å². The molecule has 6 nitrogen and oxygen atoms in total. The molecular formula is C19H19N3O3S3. The summed E-state index contributed by atoms with van der Waals surface area (Å²) in [4.78, 5) is 17.4. The van der Waals surface area contributed by atoms with Crippen molar-refractivity contribution in [3.63, 3.8) is 0 Å². The molecule has 0 aliphatic heterocycles. The molecule has 0 saturated carbocycles. The molecule has 9 heteroatoms. The summed E-state index contributed by atoms with van der Waals surface area (Å²) >= 11 is 2.92. The molecule has 0 atom stereocenters. The molecule has 0 saturated heterocycles. The van der Waals surface area contributed by atoms with Gasteiger partial charge in [-0.1, -0.05) is 53.4 Å². The first kappa shape index (κ1) is 20.5. The molecule has 28 heavy (non-hydrogen) atoms. The third-order valence-corrected chi connectivity index (χ3v) is 7.74. The number of thiazole rings is 1. The minimum absolute atomic E-state index is 0.140. The normalized spacial score (nSPS) is 11.6. The quantitative estimate of drug-likeness (QED) is 0.594. The fourth-order valence-electron chi connectivity index (χ4n) is 2.43. The molecule has 0 spiro atoms. The molecule has 0 unspecified atom stereocenters. The van der Waals surface area contributed by atoms with Crippen LogP contribution in [-0.4, -0.2) is 44.0 Å². The monoisotopic (exact) mass is 433 g/mol. The third kappa shape index (κ3) is 4.27. The molecule has 1 amide bonds. The molecule has 3 aromatic rings. The van der Waals surface area contributed by atoms with Gasteiger partial charge in [0.15, 0.2) is 4.34 Å². The second-order valence-corrected chi connectivity index (χ2v) is 10.2. The number of hydrogen-bond donors (Lipinski definition) is 1. The van der Waals surface area contributed by atoms with Gasteiger partial charge in [0, 0.05) is 25.2 Å². The summed E-state index contributed by atoms with van der Waals surface area (Å²) in [5.74, 6) is -0.317. The highest BCUT2D eigenvalue weighted by molar-refractivity contribution is 8.00. The lowest BCUT2D eigenvalue weighted by Gasteiger charge is -2.11. The zero-order valence-electron chi connectivity index (χ0n) is 15.5. The minimum atomic E-state index is -3.53. The van der Waals surface area contributed by atoms with Gasteiger partial charge in [-0.2, -0.15) is 0 Å². The van der Waals surface area contributed by atoms with Gasteiger partial charge in [0.05, 0.1) is 4.90 Å². The standard InChI is InChI=1S/C19H19N3O3S3/c1-22(2)28(24,25)15-11-9-14(10-12-15)17(23)21-18-16(20-19(26-3)27-18)13-7-5-4-6-8-13/h4-12H,1-3H3,(H,21,23). The van der Waals surface area contributed by atoms with Gasteiger partial charge in [0.25, 0.3) is 5.91 Å². The highest BCUT2D eigenvalue weighted by atomic mass is 32.2. The Bertz CT molecular complexity index is 1080. The fourth-order valence-corrected chi connectivity index (χ4v) is 4.81. The Morgan fingerprint density at radius 3 is 2.29 bits per heavy atom. The second kappa shape index (κ2) is 8.44. The van der Waals surface area contributed by atoms with E-state index in [4.69, 9.17) is 0 Å². The van der Waals surface area contributed by atoms with E-state index in [1.54, 1.807) is 0 Å². The van der Waals surface area contributed by atoms with Crippen LogP contribution in [0, 0.1) is 0 Å². The number of benzene rings is 2. The summed E-state index contributed by atoms with van der Waals surface area (Å²) in [6.07, 6.45) is 1.93. The summed E-state index contributed by atoms with van der Waals surface area (Å²) in [5, 5.41) is 3.56. The number of anilines is 1. The van der Waals surface area contributed by atoms with Gasteiger partial charge in [0.2, 0.25) is 10.0 Å².